The van der Waals surface area contributed by atoms with Crippen LogP contribution in [0.15, 0.2) is 17.5 Å². The van der Waals surface area contributed by atoms with Gasteiger partial charge in [0.2, 0.25) is 0 Å². The van der Waals surface area contributed by atoms with Gasteiger partial charge in [0.05, 0.1) is 6.04 Å². The smallest absolute Gasteiger partial charge is 0.0582 e. The van der Waals surface area contributed by atoms with E-state index in [4.69, 9.17) is 5.84 Å². The highest BCUT2D eigenvalue weighted by molar-refractivity contribution is 7.26. The second-order valence-electron chi connectivity index (χ2n) is 5.47. The first kappa shape index (κ1) is 12.6. The second kappa shape index (κ2) is 5.29. The van der Waals surface area contributed by atoms with Gasteiger partial charge < -0.3 is 0 Å². The Morgan fingerprint density at radius 2 is 2.28 bits per heavy atom. The molecule has 1 saturated carbocycles. The van der Waals surface area contributed by atoms with E-state index >= 15 is 0 Å². The summed E-state index contributed by atoms with van der Waals surface area (Å²) in [6.45, 7) is 2.37. The quantitative estimate of drug-likeness (QED) is 0.650. The highest BCUT2D eigenvalue weighted by atomic mass is 32.1. The molecule has 0 saturated heterocycles. The zero-order valence-corrected chi connectivity index (χ0v) is 12.3. The Bertz CT molecular complexity index is 488. The normalized spacial score (nSPS) is 26.6. The lowest BCUT2D eigenvalue weighted by Gasteiger charge is -2.32. The van der Waals surface area contributed by atoms with Crippen molar-refractivity contribution in [1.29, 1.82) is 0 Å². The largest absolute Gasteiger partial charge is 0.271 e. The van der Waals surface area contributed by atoms with Gasteiger partial charge in [-0.25, -0.2) is 0 Å². The molecule has 0 bridgehead atoms. The molecule has 1 aliphatic carbocycles. The van der Waals surface area contributed by atoms with Gasteiger partial charge in [-0.3, -0.25) is 11.3 Å². The fourth-order valence-corrected chi connectivity index (χ4v) is 5.45. The first-order valence-corrected chi connectivity index (χ1v) is 8.40. The number of thiophene rings is 2. The van der Waals surface area contributed by atoms with Crippen molar-refractivity contribution < 1.29 is 0 Å². The van der Waals surface area contributed by atoms with Crippen molar-refractivity contribution >= 4 is 32.1 Å². The van der Waals surface area contributed by atoms with Crippen LogP contribution in [0.3, 0.4) is 0 Å². The molecule has 0 spiro atoms. The molecule has 0 amide bonds. The molecule has 3 atom stereocenters. The van der Waals surface area contributed by atoms with Crippen molar-refractivity contribution in [2.75, 3.05) is 0 Å². The van der Waals surface area contributed by atoms with Crippen molar-refractivity contribution in [1.82, 2.24) is 5.43 Å². The van der Waals surface area contributed by atoms with E-state index in [2.05, 4.69) is 29.9 Å². The number of nitrogens with one attached hydrogen (secondary N) is 1. The van der Waals surface area contributed by atoms with Crippen LogP contribution in [0.5, 0.6) is 0 Å². The van der Waals surface area contributed by atoms with Crippen LogP contribution in [0.4, 0.5) is 0 Å². The number of hydrogen-bond donors (Lipinski definition) is 2. The van der Waals surface area contributed by atoms with E-state index < -0.39 is 0 Å². The number of rotatable bonds is 3. The lowest BCUT2D eigenvalue weighted by molar-refractivity contribution is 0.226. The third-order valence-corrected chi connectivity index (χ3v) is 6.27. The molecule has 3 N–H and O–H groups in total. The molecule has 2 nitrogen and oxygen atoms in total. The summed E-state index contributed by atoms with van der Waals surface area (Å²) in [5.41, 5.74) is 3.07. The Kier molecular flexibility index (Phi) is 3.71. The van der Waals surface area contributed by atoms with Crippen molar-refractivity contribution in [3.63, 3.8) is 0 Å². The van der Waals surface area contributed by atoms with Crippen LogP contribution in [-0.4, -0.2) is 0 Å². The number of nitrogens with two attached hydrogens (primary N) is 1. The van der Waals surface area contributed by atoms with Gasteiger partial charge in [0.25, 0.3) is 0 Å². The molecule has 0 radical (unpaired) electrons. The molecule has 18 heavy (non-hydrogen) atoms. The minimum atomic E-state index is 0.345. The fraction of sp³-hybridized carbons (Fsp3) is 0.571. The van der Waals surface area contributed by atoms with Crippen LogP contribution in [0, 0.1) is 11.8 Å². The van der Waals surface area contributed by atoms with E-state index in [1.165, 1.54) is 40.0 Å². The minimum Gasteiger partial charge on any atom is -0.271 e. The van der Waals surface area contributed by atoms with E-state index in [0.717, 1.165) is 5.92 Å². The molecule has 0 aromatic carbocycles. The summed E-state index contributed by atoms with van der Waals surface area (Å²) in [7, 11) is 0. The fourth-order valence-electron chi connectivity index (χ4n) is 3.17. The zero-order chi connectivity index (χ0) is 12.5. The molecule has 2 aromatic heterocycles. The van der Waals surface area contributed by atoms with Crippen molar-refractivity contribution in [2.24, 2.45) is 17.7 Å². The summed E-state index contributed by atoms with van der Waals surface area (Å²) in [4.78, 5) is 1.42. The predicted octanol–water partition coefficient (Wildman–Crippen LogP) is 4.29. The van der Waals surface area contributed by atoms with E-state index in [-0.39, 0.29) is 0 Å². The van der Waals surface area contributed by atoms with E-state index in [1.54, 1.807) is 0 Å². The molecular formula is C14H20N2S2. The zero-order valence-electron chi connectivity index (χ0n) is 10.7. The Morgan fingerprint density at radius 1 is 1.39 bits per heavy atom. The maximum absolute atomic E-state index is 5.83. The monoisotopic (exact) mass is 280 g/mol. The Labute approximate surface area is 116 Å². The number of hydrogen-bond acceptors (Lipinski definition) is 4. The Hall–Kier alpha value is -0.420. The third-order valence-electron chi connectivity index (χ3n) is 4.09. The molecule has 3 rings (SSSR count). The van der Waals surface area contributed by atoms with Crippen LogP contribution >= 0.6 is 22.7 Å². The van der Waals surface area contributed by atoms with Crippen LogP contribution in [0.1, 0.15) is 43.5 Å². The highest BCUT2D eigenvalue weighted by Gasteiger charge is 2.28. The Morgan fingerprint density at radius 3 is 3.00 bits per heavy atom. The lowest BCUT2D eigenvalue weighted by Crippen LogP contribution is -2.35. The van der Waals surface area contributed by atoms with E-state index in [0.29, 0.717) is 12.0 Å². The summed E-state index contributed by atoms with van der Waals surface area (Å²) in [6.07, 6.45) is 5.35. The van der Waals surface area contributed by atoms with E-state index in [1.807, 2.05) is 22.7 Å². The van der Waals surface area contributed by atoms with Crippen molar-refractivity contribution in [2.45, 2.75) is 38.6 Å². The molecule has 1 fully saturated rings. The van der Waals surface area contributed by atoms with E-state index in [9.17, 15) is 0 Å². The molecule has 2 aromatic rings. The summed E-state index contributed by atoms with van der Waals surface area (Å²) in [5.74, 6) is 7.38. The summed E-state index contributed by atoms with van der Waals surface area (Å²) >= 11 is 3.72. The average molecular weight is 280 g/mol. The SMILES string of the molecule is CC1CCCC(C(NN)c2cc3sccc3s2)C1. The average Bonchev–Trinajstić information content (AvgIpc) is 2.91. The summed E-state index contributed by atoms with van der Waals surface area (Å²) in [6, 6.07) is 4.89. The molecule has 1 aliphatic rings. The molecule has 3 unspecified atom stereocenters. The first-order chi connectivity index (χ1) is 8.78. The van der Waals surface area contributed by atoms with Gasteiger partial charge in [-0.15, -0.1) is 22.7 Å². The van der Waals surface area contributed by atoms with Crippen LogP contribution < -0.4 is 11.3 Å². The standard InChI is InChI=1S/C14H20N2S2/c1-9-3-2-4-10(7-9)14(16-15)13-8-12-11(18-13)5-6-17-12/h5-6,8-10,14,16H,2-4,7,15H2,1H3. The summed E-state index contributed by atoms with van der Waals surface area (Å²) < 4.78 is 2.80. The number of fused-ring (bicyclic) bond motifs is 1. The van der Waals surface area contributed by atoms with Gasteiger partial charge >= 0.3 is 0 Å². The second-order valence-corrected chi connectivity index (χ2v) is 7.54. The van der Waals surface area contributed by atoms with Crippen molar-refractivity contribution in [3.8, 4) is 0 Å². The van der Waals surface area contributed by atoms with Gasteiger partial charge in [-0.1, -0.05) is 19.8 Å². The molecule has 0 aliphatic heterocycles. The maximum atomic E-state index is 5.83. The molecule has 4 heteroatoms. The Balaban J connectivity index is 1.84. The van der Waals surface area contributed by atoms with Gasteiger partial charge in [0, 0.05) is 14.3 Å². The van der Waals surface area contributed by atoms with Crippen LogP contribution in [0.25, 0.3) is 9.40 Å². The van der Waals surface area contributed by atoms with Crippen LogP contribution in [-0.2, 0) is 0 Å². The summed E-state index contributed by atoms with van der Waals surface area (Å²) in [5, 5.41) is 2.17. The molecule has 2 heterocycles. The number of hydrazine groups is 1. The van der Waals surface area contributed by atoms with Gasteiger partial charge in [0.15, 0.2) is 0 Å². The molecule has 98 valence electrons. The van der Waals surface area contributed by atoms with Crippen molar-refractivity contribution in [3.05, 3.63) is 22.4 Å². The third kappa shape index (κ3) is 2.35. The van der Waals surface area contributed by atoms with Gasteiger partial charge in [-0.05, 0) is 42.2 Å². The first-order valence-electron chi connectivity index (χ1n) is 6.71. The van der Waals surface area contributed by atoms with Gasteiger partial charge in [0.1, 0.15) is 0 Å². The van der Waals surface area contributed by atoms with Gasteiger partial charge in [-0.2, -0.15) is 0 Å². The minimum absolute atomic E-state index is 0.345. The topological polar surface area (TPSA) is 38.0 Å². The lowest BCUT2D eigenvalue weighted by atomic mass is 9.78. The molecular weight excluding hydrogens is 260 g/mol. The predicted molar refractivity (Wildman–Crippen MR) is 80.9 cm³/mol. The maximum Gasteiger partial charge on any atom is 0.0582 e. The highest BCUT2D eigenvalue weighted by Crippen LogP contribution is 2.41. The van der Waals surface area contributed by atoms with Crippen LogP contribution in [0.2, 0.25) is 0 Å².